The molecule has 1 aromatic heterocycles. The molecule has 1 saturated carbocycles. The molecule has 42 heavy (non-hydrogen) atoms. The number of aliphatic carboxylic acids is 1. The number of likely N-dealkylation sites (tertiary alicyclic amines) is 1. The van der Waals surface area contributed by atoms with Gasteiger partial charge in [-0.15, -0.1) is 11.3 Å². The Kier molecular flexibility index (Phi) is 11.2. The molecule has 0 amide bonds. The topological polar surface area (TPSA) is 56.7 Å². The second kappa shape index (κ2) is 15.2. The average Bonchev–Trinajstić information content (AvgIpc) is 3.47. The van der Waals surface area contributed by atoms with Crippen LogP contribution in [-0.4, -0.2) is 64.6 Å². The summed E-state index contributed by atoms with van der Waals surface area (Å²) in [5.41, 5.74) is 2.42. The maximum atomic E-state index is 13.3. The van der Waals surface area contributed by atoms with E-state index in [9.17, 15) is 14.3 Å². The summed E-state index contributed by atoms with van der Waals surface area (Å²) in [6, 6.07) is 17.0. The highest BCUT2D eigenvalue weighted by atomic mass is 32.1. The van der Waals surface area contributed by atoms with Crippen LogP contribution in [0.5, 0.6) is 0 Å². The normalized spacial score (nSPS) is 18.7. The molecule has 5 nitrogen and oxygen atoms in total. The van der Waals surface area contributed by atoms with Crippen molar-refractivity contribution in [3.8, 4) is 0 Å². The van der Waals surface area contributed by atoms with E-state index in [1.807, 2.05) is 12.1 Å². The fraction of sp³-hybridized carbons (Fsp3) is 0.543. The van der Waals surface area contributed by atoms with Crippen LogP contribution in [0.2, 0.25) is 0 Å². The van der Waals surface area contributed by atoms with Gasteiger partial charge in [-0.1, -0.05) is 68.7 Å². The standard InChI is InChI=1S/C35H46FN3O2S/c1-2-39(34(35(40)41)30-11-7-4-8-12-30)25-28(21-26-9-5-3-6-10-26)24-38-19-17-29(18-20-38)32-23-37-33(42-32)22-27-13-15-31(36)16-14-27/h3,5-6,9-10,13-16,23,28-30,34H,2,4,7-8,11-12,17-22,24-25H2,1H3,(H,40,41)/t28-,34?/m0/s1. The van der Waals surface area contributed by atoms with Gasteiger partial charge in [0.05, 0.1) is 5.01 Å². The van der Waals surface area contributed by atoms with Crippen LogP contribution in [0.1, 0.15) is 78.8 Å². The fourth-order valence-electron chi connectivity index (χ4n) is 7.15. The molecule has 3 aromatic rings. The zero-order valence-electron chi connectivity index (χ0n) is 25.0. The Morgan fingerprint density at radius 1 is 1.02 bits per heavy atom. The molecule has 2 heterocycles. The highest BCUT2D eigenvalue weighted by Gasteiger charge is 2.35. The first-order valence-corrected chi connectivity index (χ1v) is 16.7. The van der Waals surface area contributed by atoms with Crippen LogP contribution in [0.4, 0.5) is 4.39 Å². The fourth-order valence-corrected chi connectivity index (χ4v) is 8.27. The third-order valence-corrected chi connectivity index (χ3v) is 10.5. The number of carboxylic acid groups (broad SMARTS) is 1. The summed E-state index contributed by atoms with van der Waals surface area (Å²) in [6.07, 6.45) is 11.6. The van der Waals surface area contributed by atoms with Crippen molar-refractivity contribution in [2.45, 2.75) is 76.7 Å². The van der Waals surface area contributed by atoms with E-state index < -0.39 is 5.97 Å². The Morgan fingerprint density at radius 3 is 2.40 bits per heavy atom. The number of halogens is 1. The molecule has 0 bridgehead atoms. The van der Waals surface area contributed by atoms with Gasteiger partial charge in [-0.25, -0.2) is 9.37 Å². The number of rotatable bonds is 13. The van der Waals surface area contributed by atoms with E-state index in [-0.39, 0.29) is 17.8 Å². The minimum Gasteiger partial charge on any atom is -0.480 e. The minimum absolute atomic E-state index is 0.204. The lowest BCUT2D eigenvalue weighted by molar-refractivity contribution is -0.146. The number of carbonyl (C=O) groups is 1. The lowest BCUT2D eigenvalue weighted by Gasteiger charge is -2.39. The van der Waals surface area contributed by atoms with Gasteiger partial charge < -0.3 is 10.0 Å². The first-order valence-electron chi connectivity index (χ1n) is 15.9. The van der Waals surface area contributed by atoms with Crippen LogP contribution in [0, 0.1) is 17.7 Å². The van der Waals surface area contributed by atoms with E-state index in [1.165, 1.54) is 29.0 Å². The predicted octanol–water partition coefficient (Wildman–Crippen LogP) is 7.27. The van der Waals surface area contributed by atoms with Crippen molar-refractivity contribution in [2.24, 2.45) is 11.8 Å². The Balaban J connectivity index is 1.20. The van der Waals surface area contributed by atoms with Crippen LogP contribution in [-0.2, 0) is 17.6 Å². The van der Waals surface area contributed by atoms with E-state index >= 15 is 0 Å². The van der Waals surface area contributed by atoms with Crippen molar-refractivity contribution < 1.29 is 14.3 Å². The molecule has 0 spiro atoms. The van der Waals surface area contributed by atoms with E-state index in [4.69, 9.17) is 4.98 Å². The molecule has 1 unspecified atom stereocenters. The zero-order valence-corrected chi connectivity index (χ0v) is 25.8. The van der Waals surface area contributed by atoms with Crippen molar-refractivity contribution in [2.75, 3.05) is 32.7 Å². The SMILES string of the molecule is CCN(C[C@@H](Cc1ccccc1)CN1CCC(c2cnc(Cc3ccc(F)cc3)s2)CC1)C(C(=O)O)C1CCCCC1. The number of hydrogen-bond donors (Lipinski definition) is 1. The number of aromatic nitrogens is 1. The van der Waals surface area contributed by atoms with Crippen LogP contribution in [0.15, 0.2) is 60.8 Å². The largest absolute Gasteiger partial charge is 0.480 e. The van der Waals surface area contributed by atoms with Crippen LogP contribution < -0.4 is 0 Å². The Labute approximate surface area is 254 Å². The molecular formula is C35H46FN3O2S. The summed E-state index contributed by atoms with van der Waals surface area (Å²) in [6.45, 7) is 6.82. The van der Waals surface area contributed by atoms with Crippen molar-refractivity contribution in [3.05, 3.63) is 87.6 Å². The second-order valence-corrected chi connectivity index (χ2v) is 13.5. The molecule has 7 heteroatoms. The monoisotopic (exact) mass is 591 g/mol. The number of hydrogen-bond acceptors (Lipinski definition) is 5. The van der Waals surface area contributed by atoms with E-state index in [0.29, 0.717) is 11.8 Å². The smallest absolute Gasteiger partial charge is 0.321 e. The quantitative estimate of drug-likeness (QED) is 0.227. The molecule has 226 valence electrons. The van der Waals surface area contributed by atoms with E-state index in [0.717, 1.165) is 94.7 Å². The highest BCUT2D eigenvalue weighted by molar-refractivity contribution is 7.11. The molecule has 1 saturated heterocycles. The highest BCUT2D eigenvalue weighted by Crippen LogP contribution is 2.34. The number of benzene rings is 2. The number of carboxylic acids is 1. The Morgan fingerprint density at radius 2 is 1.74 bits per heavy atom. The lowest BCUT2D eigenvalue weighted by atomic mass is 9.82. The van der Waals surface area contributed by atoms with Gasteiger partial charge in [0.2, 0.25) is 0 Å². The first-order chi connectivity index (χ1) is 20.5. The summed E-state index contributed by atoms with van der Waals surface area (Å²) in [5.74, 6) is 0.316. The summed E-state index contributed by atoms with van der Waals surface area (Å²) in [5, 5.41) is 11.4. The molecule has 1 aliphatic heterocycles. The van der Waals surface area contributed by atoms with Gasteiger partial charge in [0.25, 0.3) is 0 Å². The number of thiazole rings is 1. The van der Waals surface area contributed by atoms with Crippen LogP contribution in [0.3, 0.4) is 0 Å². The molecule has 2 aliphatic rings. The molecule has 1 aliphatic carbocycles. The van der Waals surface area contributed by atoms with Gasteiger partial charge in [-0.3, -0.25) is 9.69 Å². The predicted molar refractivity (Wildman–Crippen MR) is 169 cm³/mol. The van der Waals surface area contributed by atoms with Gasteiger partial charge in [0.15, 0.2) is 0 Å². The van der Waals surface area contributed by atoms with Crippen LogP contribution in [0.25, 0.3) is 0 Å². The van der Waals surface area contributed by atoms with Gasteiger partial charge >= 0.3 is 5.97 Å². The van der Waals surface area contributed by atoms with Gasteiger partial charge in [-0.05, 0) is 92.8 Å². The summed E-state index contributed by atoms with van der Waals surface area (Å²) < 4.78 is 13.3. The van der Waals surface area contributed by atoms with Gasteiger partial charge in [-0.2, -0.15) is 0 Å². The van der Waals surface area contributed by atoms with Crippen molar-refractivity contribution >= 4 is 17.3 Å². The summed E-state index contributed by atoms with van der Waals surface area (Å²) in [4.78, 5) is 23.5. The first kappa shape index (κ1) is 30.8. The van der Waals surface area contributed by atoms with Gasteiger partial charge in [0.1, 0.15) is 11.9 Å². The molecule has 0 radical (unpaired) electrons. The number of piperidine rings is 1. The molecule has 5 rings (SSSR count). The maximum absolute atomic E-state index is 13.3. The minimum atomic E-state index is -0.647. The summed E-state index contributed by atoms with van der Waals surface area (Å²) in [7, 11) is 0. The third kappa shape index (κ3) is 8.48. The second-order valence-electron chi connectivity index (χ2n) is 12.4. The van der Waals surface area contributed by atoms with Crippen molar-refractivity contribution in [1.29, 1.82) is 0 Å². The molecule has 2 fully saturated rings. The molecule has 1 N–H and O–H groups in total. The van der Waals surface area contributed by atoms with Crippen molar-refractivity contribution in [3.63, 3.8) is 0 Å². The molecular weight excluding hydrogens is 545 g/mol. The average molecular weight is 592 g/mol. The Hall–Kier alpha value is -2.61. The summed E-state index contributed by atoms with van der Waals surface area (Å²) >= 11 is 1.80. The zero-order chi connectivity index (χ0) is 29.3. The number of likely N-dealkylation sites (N-methyl/N-ethyl adjacent to an activating group) is 1. The Bertz CT molecular complexity index is 1240. The molecule has 2 aromatic carbocycles. The number of nitrogens with zero attached hydrogens (tertiary/aromatic N) is 3. The lowest BCUT2D eigenvalue weighted by Crippen LogP contribution is -2.50. The van der Waals surface area contributed by atoms with Crippen molar-refractivity contribution in [1.82, 2.24) is 14.8 Å². The third-order valence-electron chi connectivity index (χ3n) is 9.36. The maximum Gasteiger partial charge on any atom is 0.321 e. The van der Waals surface area contributed by atoms with Gasteiger partial charge in [0, 0.05) is 30.6 Å². The molecule has 2 atom stereocenters. The van der Waals surface area contributed by atoms with Crippen LogP contribution >= 0.6 is 11.3 Å². The van der Waals surface area contributed by atoms with E-state index in [1.54, 1.807) is 11.3 Å². The van der Waals surface area contributed by atoms with E-state index in [2.05, 4.69) is 53.3 Å².